The molecule has 2 heterocycles. The van der Waals surface area contributed by atoms with Gasteiger partial charge in [-0.2, -0.15) is 0 Å². The normalized spacial score (nSPS) is 18.0. The van der Waals surface area contributed by atoms with Gasteiger partial charge in [0.25, 0.3) is 0 Å². The minimum Gasteiger partial charge on any atom is -0.368 e. The fourth-order valence-corrected chi connectivity index (χ4v) is 2.45. The summed E-state index contributed by atoms with van der Waals surface area (Å²) >= 11 is 0. The molecule has 0 unspecified atom stereocenters. The minimum absolute atomic E-state index is 0.457. The predicted octanol–water partition coefficient (Wildman–Crippen LogP) is 2.57. The molecule has 90 valence electrons. The third kappa shape index (κ3) is 1.77. The van der Waals surface area contributed by atoms with Gasteiger partial charge in [0, 0.05) is 19.8 Å². The van der Waals surface area contributed by atoms with Gasteiger partial charge in [-0.05, 0) is 24.3 Å². The van der Waals surface area contributed by atoms with Crippen LogP contribution in [-0.4, -0.2) is 21.1 Å². The van der Waals surface area contributed by atoms with Crippen LogP contribution in [0, 0.1) is 5.41 Å². The SMILES string of the molecule is Cn1cnc2c(NCC3(C)CCC3)nccc21. The summed E-state index contributed by atoms with van der Waals surface area (Å²) in [5.74, 6) is 0.913. The highest BCUT2D eigenvalue weighted by atomic mass is 15.1. The number of imidazole rings is 1. The molecule has 17 heavy (non-hydrogen) atoms. The van der Waals surface area contributed by atoms with Crippen molar-refractivity contribution in [2.45, 2.75) is 26.2 Å². The maximum atomic E-state index is 4.40. The van der Waals surface area contributed by atoms with Crippen molar-refractivity contribution in [2.75, 3.05) is 11.9 Å². The van der Waals surface area contributed by atoms with Crippen molar-refractivity contribution in [3.8, 4) is 0 Å². The largest absolute Gasteiger partial charge is 0.368 e. The summed E-state index contributed by atoms with van der Waals surface area (Å²) in [6, 6.07) is 2.00. The summed E-state index contributed by atoms with van der Waals surface area (Å²) in [5.41, 5.74) is 2.55. The van der Waals surface area contributed by atoms with Crippen LogP contribution in [0.25, 0.3) is 11.0 Å². The molecule has 0 atom stereocenters. The molecule has 0 spiro atoms. The Morgan fingerprint density at radius 2 is 2.24 bits per heavy atom. The van der Waals surface area contributed by atoms with E-state index in [2.05, 4.69) is 22.2 Å². The Morgan fingerprint density at radius 3 is 2.94 bits per heavy atom. The van der Waals surface area contributed by atoms with Crippen LogP contribution in [0.3, 0.4) is 0 Å². The van der Waals surface area contributed by atoms with E-state index in [-0.39, 0.29) is 0 Å². The van der Waals surface area contributed by atoms with Crippen LogP contribution >= 0.6 is 0 Å². The van der Waals surface area contributed by atoms with E-state index in [4.69, 9.17) is 0 Å². The van der Waals surface area contributed by atoms with Crippen LogP contribution in [0.1, 0.15) is 26.2 Å². The molecule has 0 amide bonds. The summed E-state index contributed by atoms with van der Waals surface area (Å²) in [7, 11) is 2.01. The van der Waals surface area contributed by atoms with E-state index in [1.165, 1.54) is 19.3 Å². The summed E-state index contributed by atoms with van der Waals surface area (Å²) in [6.07, 6.45) is 7.67. The molecule has 1 N–H and O–H groups in total. The monoisotopic (exact) mass is 230 g/mol. The molecule has 4 nitrogen and oxygen atoms in total. The molecule has 0 bridgehead atoms. The molecule has 0 aliphatic heterocycles. The number of rotatable bonds is 3. The zero-order valence-corrected chi connectivity index (χ0v) is 10.4. The van der Waals surface area contributed by atoms with Crippen LogP contribution < -0.4 is 5.32 Å². The third-order valence-corrected chi connectivity index (χ3v) is 3.89. The van der Waals surface area contributed by atoms with Crippen LogP contribution in [0.5, 0.6) is 0 Å². The Labute approximate surface area is 101 Å². The fraction of sp³-hybridized carbons (Fsp3) is 0.538. The van der Waals surface area contributed by atoms with Crippen molar-refractivity contribution in [2.24, 2.45) is 12.5 Å². The molecular weight excluding hydrogens is 212 g/mol. The van der Waals surface area contributed by atoms with Gasteiger partial charge < -0.3 is 9.88 Å². The first kappa shape index (κ1) is 10.6. The number of nitrogens with zero attached hydrogens (tertiary/aromatic N) is 3. The zero-order valence-electron chi connectivity index (χ0n) is 10.4. The van der Waals surface area contributed by atoms with Crippen molar-refractivity contribution in [1.82, 2.24) is 14.5 Å². The van der Waals surface area contributed by atoms with E-state index in [1.54, 1.807) is 0 Å². The Bertz CT molecular complexity index is 539. The van der Waals surface area contributed by atoms with E-state index in [0.717, 1.165) is 23.4 Å². The van der Waals surface area contributed by atoms with Crippen molar-refractivity contribution in [3.63, 3.8) is 0 Å². The summed E-state index contributed by atoms with van der Waals surface area (Å²) in [4.78, 5) is 8.80. The molecule has 4 heteroatoms. The molecule has 3 rings (SSSR count). The second-order valence-electron chi connectivity index (χ2n) is 5.40. The van der Waals surface area contributed by atoms with Gasteiger partial charge in [0.2, 0.25) is 0 Å². The van der Waals surface area contributed by atoms with Gasteiger partial charge in [0.1, 0.15) is 5.52 Å². The molecule has 0 radical (unpaired) electrons. The molecule has 1 aliphatic rings. The summed E-state index contributed by atoms with van der Waals surface area (Å²) in [5, 5.41) is 3.46. The Balaban J connectivity index is 1.85. The van der Waals surface area contributed by atoms with Gasteiger partial charge in [-0.15, -0.1) is 0 Å². The molecule has 0 saturated heterocycles. The predicted molar refractivity (Wildman–Crippen MR) is 69.0 cm³/mol. The van der Waals surface area contributed by atoms with E-state index in [9.17, 15) is 0 Å². The average Bonchev–Trinajstić information content (AvgIpc) is 2.67. The molecule has 2 aromatic rings. The number of nitrogens with one attached hydrogen (secondary N) is 1. The van der Waals surface area contributed by atoms with Crippen LogP contribution in [0.4, 0.5) is 5.82 Å². The van der Waals surface area contributed by atoms with E-state index in [1.807, 2.05) is 30.2 Å². The molecule has 1 fully saturated rings. The maximum absolute atomic E-state index is 4.40. The second kappa shape index (κ2) is 3.72. The number of hydrogen-bond acceptors (Lipinski definition) is 3. The van der Waals surface area contributed by atoms with E-state index >= 15 is 0 Å². The summed E-state index contributed by atoms with van der Waals surface area (Å²) < 4.78 is 2.02. The lowest BCUT2D eigenvalue weighted by Crippen LogP contribution is -2.33. The molecule has 2 aromatic heterocycles. The highest BCUT2D eigenvalue weighted by molar-refractivity contribution is 5.85. The lowest BCUT2D eigenvalue weighted by Gasteiger charge is -2.38. The van der Waals surface area contributed by atoms with Gasteiger partial charge in [-0.1, -0.05) is 13.3 Å². The molecule has 1 aliphatic carbocycles. The van der Waals surface area contributed by atoms with Gasteiger partial charge >= 0.3 is 0 Å². The first-order valence-electron chi connectivity index (χ1n) is 6.18. The topological polar surface area (TPSA) is 42.7 Å². The lowest BCUT2D eigenvalue weighted by molar-refractivity contribution is 0.180. The maximum Gasteiger partial charge on any atom is 0.154 e. The zero-order chi connectivity index (χ0) is 11.9. The minimum atomic E-state index is 0.457. The number of hydrogen-bond donors (Lipinski definition) is 1. The van der Waals surface area contributed by atoms with Gasteiger partial charge in [0.15, 0.2) is 5.82 Å². The Kier molecular flexibility index (Phi) is 2.31. The first-order valence-corrected chi connectivity index (χ1v) is 6.18. The van der Waals surface area contributed by atoms with Gasteiger partial charge in [-0.25, -0.2) is 9.97 Å². The molecule has 0 aromatic carbocycles. The number of aryl methyl sites for hydroxylation is 1. The van der Waals surface area contributed by atoms with Crippen LogP contribution in [0.15, 0.2) is 18.6 Å². The standard InChI is InChI=1S/C13H18N4/c1-13(5-3-6-13)8-15-12-11-10(4-7-14-12)17(2)9-16-11/h4,7,9H,3,5-6,8H2,1-2H3,(H,14,15). The second-order valence-corrected chi connectivity index (χ2v) is 5.40. The van der Waals surface area contributed by atoms with Crippen molar-refractivity contribution in [1.29, 1.82) is 0 Å². The Morgan fingerprint density at radius 1 is 1.41 bits per heavy atom. The van der Waals surface area contributed by atoms with E-state index < -0.39 is 0 Å². The van der Waals surface area contributed by atoms with Crippen LogP contribution in [0.2, 0.25) is 0 Å². The van der Waals surface area contributed by atoms with Crippen molar-refractivity contribution < 1.29 is 0 Å². The summed E-state index contributed by atoms with van der Waals surface area (Å²) in [6.45, 7) is 3.33. The quantitative estimate of drug-likeness (QED) is 0.881. The van der Waals surface area contributed by atoms with Gasteiger partial charge in [-0.3, -0.25) is 0 Å². The van der Waals surface area contributed by atoms with Crippen LogP contribution in [-0.2, 0) is 7.05 Å². The van der Waals surface area contributed by atoms with Crippen molar-refractivity contribution >= 4 is 16.9 Å². The Hall–Kier alpha value is -1.58. The number of anilines is 1. The molecular formula is C13H18N4. The average molecular weight is 230 g/mol. The van der Waals surface area contributed by atoms with E-state index in [0.29, 0.717) is 5.41 Å². The number of fused-ring (bicyclic) bond motifs is 1. The highest BCUT2D eigenvalue weighted by Gasteiger charge is 2.31. The third-order valence-electron chi connectivity index (χ3n) is 3.89. The van der Waals surface area contributed by atoms with Crippen molar-refractivity contribution in [3.05, 3.63) is 18.6 Å². The highest BCUT2D eigenvalue weighted by Crippen LogP contribution is 2.40. The number of pyridine rings is 1. The first-order chi connectivity index (χ1) is 8.18. The number of aromatic nitrogens is 3. The van der Waals surface area contributed by atoms with Gasteiger partial charge in [0.05, 0.1) is 11.8 Å². The molecule has 1 saturated carbocycles. The fourth-order valence-electron chi connectivity index (χ4n) is 2.45. The smallest absolute Gasteiger partial charge is 0.154 e. The lowest BCUT2D eigenvalue weighted by atomic mass is 9.70.